The number of H-pyrrole nitrogens is 1. The zero-order valence-electron chi connectivity index (χ0n) is 26.3. The number of aromatic hydroxyl groups is 1. The van der Waals surface area contributed by atoms with Gasteiger partial charge in [0.1, 0.15) is 5.75 Å². The highest BCUT2D eigenvalue weighted by Gasteiger charge is 2.44. The zero-order chi connectivity index (χ0) is 33.6. The van der Waals surface area contributed by atoms with Gasteiger partial charge in [0.05, 0.1) is 17.0 Å². The number of pyridine rings is 1. The largest absolute Gasteiger partial charge is 0.506 e. The Labute approximate surface area is 272 Å². The van der Waals surface area contributed by atoms with Crippen LogP contribution in [0.1, 0.15) is 64.1 Å². The summed E-state index contributed by atoms with van der Waals surface area (Å²) in [7, 11) is 0. The quantitative estimate of drug-likeness (QED) is 0.147. The van der Waals surface area contributed by atoms with Gasteiger partial charge in [-0.2, -0.15) is 0 Å². The lowest BCUT2D eigenvalue weighted by molar-refractivity contribution is -0.145. The zero-order valence-corrected chi connectivity index (χ0v) is 26.3. The summed E-state index contributed by atoms with van der Waals surface area (Å²) < 4.78 is 0. The number of phenolic OH excluding ortho intramolecular Hbond substituents is 1. The summed E-state index contributed by atoms with van der Waals surface area (Å²) in [6, 6.07) is 21.7. The number of carbonyl (C=O) groups is 3. The molecule has 4 aromatic rings. The van der Waals surface area contributed by atoms with Crippen LogP contribution < -0.4 is 10.9 Å². The second kappa shape index (κ2) is 14.6. The number of fused-ring (bicyclic) bond motifs is 1. The third-order valence-electron chi connectivity index (χ3n) is 9.07. The predicted octanol–water partition coefficient (Wildman–Crippen LogP) is 3.67. The number of carboxylic acids is 1. The highest BCUT2D eigenvalue weighted by Crippen LogP contribution is 2.36. The normalized spacial score (nSPS) is 14.9. The predicted molar refractivity (Wildman–Crippen MR) is 178 cm³/mol. The van der Waals surface area contributed by atoms with E-state index in [0.717, 1.165) is 5.56 Å². The van der Waals surface area contributed by atoms with Gasteiger partial charge in [-0.1, -0.05) is 36.4 Å². The van der Waals surface area contributed by atoms with Crippen molar-refractivity contribution >= 4 is 28.7 Å². The molecule has 0 spiro atoms. The lowest BCUT2D eigenvalue weighted by Crippen LogP contribution is -2.49. The fourth-order valence-electron chi connectivity index (χ4n) is 6.29. The number of phenols is 1. The summed E-state index contributed by atoms with van der Waals surface area (Å²) in [5.74, 6) is -1.29. The molecule has 0 bridgehead atoms. The maximum absolute atomic E-state index is 13.3. The molecule has 1 aliphatic heterocycles. The van der Waals surface area contributed by atoms with Crippen LogP contribution in [-0.4, -0.2) is 87.2 Å². The maximum atomic E-state index is 13.3. The number of piperidine rings is 1. The maximum Gasteiger partial charge on any atom is 0.314 e. The minimum Gasteiger partial charge on any atom is -0.506 e. The van der Waals surface area contributed by atoms with Gasteiger partial charge in [-0.25, -0.2) is 0 Å². The average Bonchev–Trinajstić information content (AvgIpc) is 3.10. The summed E-state index contributed by atoms with van der Waals surface area (Å²) in [4.78, 5) is 56.4. The standard InChI is InChI=1S/C36H40N4O7/c1-2-39(20-6-19-37-23-30(42)27-13-15-29(41)32-28(27)14-16-31(43)38-32)33(44)24-9-11-25(12-10-24)34(45)40-21-17-36(18-22-40,35(46)47)26-7-4-3-5-8-26/h3-5,7-16,30,37,41-42H,2,6,17-23H2,1H3,(H,38,43)(H,46,47)/t30-/m0/s1. The number of carboxylic acid groups (broad SMARTS) is 1. The Morgan fingerprint density at radius 3 is 2.30 bits per heavy atom. The van der Waals surface area contributed by atoms with Crippen molar-refractivity contribution in [2.24, 2.45) is 0 Å². The van der Waals surface area contributed by atoms with Crippen LogP contribution in [0.3, 0.4) is 0 Å². The van der Waals surface area contributed by atoms with Gasteiger partial charge in [0.25, 0.3) is 11.8 Å². The number of aliphatic carboxylic acids is 1. The number of amides is 2. The van der Waals surface area contributed by atoms with Crippen molar-refractivity contribution in [3.05, 3.63) is 111 Å². The molecule has 246 valence electrons. The first kappa shape index (κ1) is 33.4. The number of rotatable bonds is 12. The molecule has 2 heterocycles. The molecular formula is C36H40N4O7. The Morgan fingerprint density at radius 1 is 0.957 bits per heavy atom. The molecule has 0 unspecified atom stereocenters. The molecule has 0 radical (unpaired) electrons. The topological polar surface area (TPSA) is 163 Å². The first-order valence-electron chi connectivity index (χ1n) is 15.9. The van der Waals surface area contributed by atoms with Crippen molar-refractivity contribution in [1.29, 1.82) is 0 Å². The van der Waals surface area contributed by atoms with Crippen LogP contribution in [-0.2, 0) is 10.2 Å². The summed E-state index contributed by atoms with van der Waals surface area (Å²) >= 11 is 0. The fraction of sp³-hybridized carbons (Fsp3) is 0.333. The van der Waals surface area contributed by atoms with Gasteiger partial charge >= 0.3 is 5.97 Å². The highest BCUT2D eigenvalue weighted by atomic mass is 16.4. The van der Waals surface area contributed by atoms with Gasteiger partial charge < -0.3 is 35.4 Å². The second-order valence-corrected chi connectivity index (χ2v) is 11.9. The smallest absolute Gasteiger partial charge is 0.314 e. The van der Waals surface area contributed by atoms with E-state index in [1.54, 1.807) is 46.2 Å². The van der Waals surface area contributed by atoms with E-state index in [1.807, 2.05) is 37.3 Å². The van der Waals surface area contributed by atoms with Crippen molar-refractivity contribution < 1.29 is 29.7 Å². The van der Waals surface area contributed by atoms with Crippen molar-refractivity contribution in [2.75, 3.05) is 39.3 Å². The summed E-state index contributed by atoms with van der Waals surface area (Å²) in [6.45, 7) is 4.32. The van der Waals surface area contributed by atoms with Crippen LogP contribution in [0, 0.1) is 0 Å². The van der Waals surface area contributed by atoms with Crippen molar-refractivity contribution in [3.8, 4) is 5.75 Å². The third-order valence-corrected chi connectivity index (χ3v) is 9.07. The number of aromatic amines is 1. The molecule has 1 saturated heterocycles. The summed E-state index contributed by atoms with van der Waals surface area (Å²) in [5.41, 5.74) is 1.16. The molecule has 1 atom stereocenters. The monoisotopic (exact) mass is 640 g/mol. The van der Waals surface area contributed by atoms with Crippen LogP contribution in [0.15, 0.2) is 83.7 Å². The molecule has 2 amide bonds. The molecule has 0 saturated carbocycles. The first-order valence-corrected chi connectivity index (χ1v) is 15.9. The number of benzene rings is 3. The molecule has 1 aliphatic rings. The second-order valence-electron chi connectivity index (χ2n) is 11.9. The van der Waals surface area contributed by atoms with E-state index < -0.39 is 17.5 Å². The van der Waals surface area contributed by atoms with Crippen LogP contribution in [0.25, 0.3) is 10.9 Å². The number of aromatic nitrogens is 1. The Hall–Kier alpha value is -5.00. The van der Waals surface area contributed by atoms with Gasteiger partial charge in [0.2, 0.25) is 5.56 Å². The third kappa shape index (κ3) is 7.21. The Balaban J connectivity index is 1.11. The SMILES string of the molecule is CCN(CCCNC[C@H](O)c1ccc(O)c2[nH]c(=O)ccc12)C(=O)c1ccc(C(=O)N2CCC(C(=O)O)(c3ccccc3)CC2)cc1. The Bertz CT molecular complexity index is 1780. The van der Waals surface area contributed by atoms with E-state index >= 15 is 0 Å². The number of nitrogens with one attached hydrogen (secondary N) is 2. The van der Waals surface area contributed by atoms with Gasteiger partial charge in [-0.3, -0.25) is 19.2 Å². The highest BCUT2D eigenvalue weighted by molar-refractivity contribution is 5.98. The van der Waals surface area contributed by atoms with Gasteiger partial charge in [-0.15, -0.1) is 0 Å². The van der Waals surface area contributed by atoms with Crippen LogP contribution in [0.5, 0.6) is 5.75 Å². The molecule has 1 aromatic heterocycles. The van der Waals surface area contributed by atoms with Crippen LogP contribution >= 0.6 is 0 Å². The van der Waals surface area contributed by atoms with E-state index in [4.69, 9.17) is 0 Å². The molecule has 3 aromatic carbocycles. The molecule has 5 rings (SSSR count). The number of aliphatic hydroxyl groups is 1. The Morgan fingerprint density at radius 2 is 1.64 bits per heavy atom. The minimum atomic E-state index is -1.02. The number of carbonyl (C=O) groups excluding carboxylic acids is 2. The van der Waals surface area contributed by atoms with E-state index in [2.05, 4.69) is 10.3 Å². The van der Waals surface area contributed by atoms with Crippen molar-refractivity contribution in [1.82, 2.24) is 20.1 Å². The number of likely N-dealkylation sites (tertiary alicyclic amines) is 1. The number of hydrogen-bond acceptors (Lipinski definition) is 7. The van der Waals surface area contributed by atoms with E-state index in [1.165, 1.54) is 12.1 Å². The minimum absolute atomic E-state index is 0.0677. The molecule has 11 nitrogen and oxygen atoms in total. The molecule has 0 aliphatic carbocycles. The number of hydrogen-bond donors (Lipinski definition) is 5. The van der Waals surface area contributed by atoms with Gasteiger partial charge in [0, 0.05) is 55.3 Å². The van der Waals surface area contributed by atoms with Crippen molar-refractivity contribution in [2.45, 2.75) is 37.7 Å². The van der Waals surface area contributed by atoms with Crippen molar-refractivity contribution in [3.63, 3.8) is 0 Å². The Kier molecular flexibility index (Phi) is 10.4. The lowest BCUT2D eigenvalue weighted by Gasteiger charge is -2.39. The van der Waals surface area contributed by atoms with Crippen LogP contribution in [0.4, 0.5) is 0 Å². The van der Waals surface area contributed by atoms with Gasteiger partial charge in [-0.05, 0) is 80.3 Å². The molecule has 47 heavy (non-hydrogen) atoms. The first-order chi connectivity index (χ1) is 22.6. The molecule has 1 fully saturated rings. The summed E-state index contributed by atoms with van der Waals surface area (Å²) in [5, 5.41) is 34.7. The number of nitrogens with zero attached hydrogens (tertiary/aromatic N) is 2. The fourth-order valence-corrected chi connectivity index (χ4v) is 6.29. The van der Waals surface area contributed by atoms with E-state index in [0.29, 0.717) is 74.1 Å². The van der Waals surface area contributed by atoms with Crippen LogP contribution in [0.2, 0.25) is 0 Å². The molecule has 11 heteroatoms. The average molecular weight is 641 g/mol. The molecule has 5 N–H and O–H groups in total. The van der Waals surface area contributed by atoms with Gasteiger partial charge in [0.15, 0.2) is 0 Å². The van der Waals surface area contributed by atoms with E-state index in [-0.39, 0.29) is 35.2 Å². The lowest BCUT2D eigenvalue weighted by atomic mass is 9.73. The van der Waals surface area contributed by atoms with E-state index in [9.17, 15) is 34.5 Å². The number of aliphatic hydroxyl groups excluding tert-OH is 1. The summed E-state index contributed by atoms with van der Waals surface area (Å²) in [6.07, 6.45) is 0.415. The molecular weight excluding hydrogens is 600 g/mol.